The zero-order chi connectivity index (χ0) is 24.9. The summed E-state index contributed by atoms with van der Waals surface area (Å²) in [5.74, 6) is -0.442. The molecule has 0 bridgehead atoms. The number of hydrogen-bond acceptors (Lipinski definition) is 4. The molecule has 0 aliphatic heterocycles. The highest BCUT2D eigenvalue weighted by Crippen LogP contribution is 2.35. The van der Waals surface area contributed by atoms with Crippen molar-refractivity contribution in [2.45, 2.75) is 28.7 Å². The maximum atomic E-state index is 13.2. The van der Waals surface area contributed by atoms with Gasteiger partial charge in [-0.2, -0.15) is 26.3 Å². The number of nitrogens with zero attached hydrogens (tertiary/aromatic N) is 2. The topological polar surface area (TPSA) is 72.2 Å². The van der Waals surface area contributed by atoms with E-state index in [1.165, 1.54) is 24.3 Å². The molecule has 4 rings (SSSR count). The Morgan fingerprint density at radius 2 is 1.59 bits per heavy atom. The first kappa shape index (κ1) is 23.6. The van der Waals surface area contributed by atoms with Gasteiger partial charge in [0.1, 0.15) is 5.69 Å². The first-order chi connectivity index (χ1) is 15.8. The molecule has 0 radical (unpaired) electrons. The minimum absolute atomic E-state index is 0.0196. The summed E-state index contributed by atoms with van der Waals surface area (Å²) in [5, 5.41) is 10.5. The number of aromatic hydroxyl groups is 1. The molecule has 34 heavy (non-hydrogen) atoms. The highest BCUT2D eigenvalue weighted by molar-refractivity contribution is 7.91. The van der Waals surface area contributed by atoms with Crippen molar-refractivity contribution in [2.75, 3.05) is 0 Å². The summed E-state index contributed by atoms with van der Waals surface area (Å²) < 4.78 is 105. The van der Waals surface area contributed by atoms with E-state index >= 15 is 0 Å². The minimum atomic E-state index is -4.75. The molecule has 0 saturated carbocycles. The van der Waals surface area contributed by atoms with Crippen LogP contribution in [0.15, 0.2) is 76.7 Å². The van der Waals surface area contributed by atoms with Crippen molar-refractivity contribution in [3.8, 4) is 5.88 Å². The third-order valence-electron chi connectivity index (χ3n) is 5.08. The Bertz CT molecular complexity index is 1490. The van der Waals surface area contributed by atoms with Crippen molar-refractivity contribution < 1.29 is 39.9 Å². The molecule has 0 saturated heterocycles. The van der Waals surface area contributed by atoms with Gasteiger partial charge >= 0.3 is 12.4 Å². The lowest BCUT2D eigenvalue weighted by atomic mass is 10.2. The molecule has 2 aromatic heterocycles. The summed E-state index contributed by atoms with van der Waals surface area (Å²) >= 11 is 0. The van der Waals surface area contributed by atoms with E-state index in [-0.39, 0.29) is 27.9 Å². The van der Waals surface area contributed by atoms with Gasteiger partial charge in [-0.25, -0.2) is 13.4 Å². The standard InChI is InChI=1S/C22H14F6N2O3S/c23-21(24,25)14-5-3-6-15(10-14)34(32,33)18-7-2-1-4-13(18)11-30-12-17-16(20(30)31)8-9-19(29-17)22(26,27)28/h1-10,12,31H,11H2. The molecule has 0 aliphatic rings. The lowest BCUT2D eigenvalue weighted by Gasteiger charge is -2.13. The Kier molecular flexibility index (Phi) is 5.59. The highest BCUT2D eigenvalue weighted by Gasteiger charge is 2.34. The number of halogens is 6. The van der Waals surface area contributed by atoms with E-state index in [2.05, 4.69) is 4.98 Å². The average Bonchev–Trinajstić information content (AvgIpc) is 3.07. The van der Waals surface area contributed by atoms with Crippen LogP contribution in [0.3, 0.4) is 0 Å². The minimum Gasteiger partial charge on any atom is -0.494 e. The second kappa shape index (κ2) is 8.05. The Morgan fingerprint density at radius 1 is 0.882 bits per heavy atom. The fraction of sp³-hybridized carbons (Fsp3) is 0.136. The molecule has 0 atom stereocenters. The smallest absolute Gasteiger partial charge is 0.433 e. The summed E-state index contributed by atoms with van der Waals surface area (Å²) in [7, 11) is -4.40. The summed E-state index contributed by atoms with van der Waals surface area (Å²) in [6.07, 6.45) is -8.31. The highest BCUT2D eigenvalue weighted by atomic mass is 32.2. The summed E-state index contributed by atoms with van der Waals surface area (Å²) in [5.41, 5.74) is -2.35. The largest absolute Gasteiger partial charge is 0.494 e. The summed E-state index contributed by atoms with van der Waals surface area (Å²) in [6, 6.07) is 10.5. The SMILES string of the molecule is O=S(=O)(c1cccc(C(F)(F)F)c1)c1ccccc1Cn1cc2nc(C(F)(F)F)ccc2c1O. The molecule has 4 aromatic rings. The van der Waals surface area contributed by atoms with Crippen LogP contribution in [0.4, 0.5) is 26.3 Å². The molecule has 0 spiro atoms. The second-order valence-corrected chi connectivity index (χ2v) is 9.26. The van der Waals surface area contributed by atoms with E-state index in [0.29, 0.717) is 12.1 Å². The van der Waals surface area contributed by atoms with Gasteiger partial charge in [-0.3, -0.25) is 0 Å². The fourth-order valence-corrected chi connectivity index (χ4v) is 4.98. The Morgan fingerprint density at radius 3 is 2.26 bits per heavy atom. The van der Waals surface area contributed by atoms with Crippen molar-refractivity contribution in [1.29, 1.82) is 0 Å². The van der Waals surface area contributed by atoms with Crippen LogP contribution in [0.25, 0.3) is 10.9 Å². The van der Waals surface area contributed by atoms with Crippen LogP contribution >= 0.6 is 0 Å². The molecule has 0 amide bonds. The molecule has 0 fully saturated rings. The molecule has 0 unspecified atom stereocenters. The first-order valence-corrected chi connectivity index (χ1v) is 11.0. The van der Waals surface area contributed by atoms with E-state index in [0.717, 1.165) is 35.0 Å². The van der Waals surface area contributed by atoms with Crippen LogP contribution in [0.5, 0.6) is 5.88 Å². The predicted molar refractivity (Wildman–Crippen MR) is 109 cm³/mol. The van der Waals surface area contributed by atoms with Crippen LogP contribution < -0.4 is 0 Å². The van der Waals surface area contributed by atoms with E-state index in [9.17, 15) is 39.9 Å². The van der Waals surface area contributed by atoms with Crippen molar-refractivity contribution >= 4 is 20.7 Å². The van der Waals surface area contributed by atoms with Crippen LogP contribution in [0, 0.1) is 0 Å². The lowest BCUT2D eigenvalue weighted by molar-refractivity contribution is -0.141. The number of pyridine rings is 1. The Hall–Kier alpha value is -3.54. The van der Waals surface area contributed by atoms with Gasteiger partial charge in [-0.05, 0) is 42.0 Å². The summed E-state index contributed by atoms with van der Waals surface area (Å²) in [4.78, 5) is 2.60. The molecule has 2 heterocycles. The van der Waals surface area contributed by atoms with Gasteiger partial charge < -0.3 is 9.67 Å². The van der Waals surface area contributed by atoms with Crippen LogP contribution in [0.2, 0.25) is 0 Å². The number of benzene rings is 2. The summed E-state index contributed by atoms with van der Waals surface area (Å²) in [6.45, 7) is -0.294. The van der Waals surface area contributed by atoms with Gasteiger partial charge in [-0.1, -0.05) is 24.3 Å². The van der Waals surface area contributed by atoms with Gasteiger partial charge in [0.15, 0.2) is 0 Å². The van der Waals surface area contributed by atoms with Gasteiger partial charge in [0.25, 0.3) is 0 Å². The quantitative estimate of drug-likeness (QED) is 0.367. The molecule has 0 aliphatic carbocycles. The number of hydrogen-bond donors (Lipinski definition) is 1. The normalized spacial score (nSPS) is 12.9. The number of alkyl halides is 6. The predicted octanol–water partition coefficient (Wildman–Crippen LogP) is 5.66. The second-order valence-electron chi connectivity index (χ2n) is 7.34. The van der Waals surface area contributed by atoms with E-state index in [1.54, 1.807) is 0 Å². The molecule has 5 nitrogen and oxygen atoms in total. The first-order valence-electron chi connectivity index (χ1n) is 9.55. The third-order valence-corrected chi connectivity index (χ3v) is 6.93. The Balaban J connectivity index is 1.77. The molecular weight excluding hydrogens is 486 g/mol. The molecule has 12 heteroatoms. The fourth-order valence-electron chi connectivity index (χ4n) is 3.45. The number of rotatable bonds is 4. The van der Waals surface area contributed by atoms with Gasteiger partial charge in [0.2, 0.25) is 15.7 Å². The van der Waals surface area contributed by atoms with Crippen LogP contribution in [-0.2, 0) is 28.7 Å². The molecule has 1 N–H and O–H groups in total. The van der Waals surface area contributed by atoms with Crippen molar-refractivity contribution in [2.24, 2.45) is 0 Å². The van der Waals surface area contributed by atoms with Gasteiger partial charge in [0.05, 0.1) is 32.8 Å². The van der Waals surface area contributed by atoms with E-state index < -0.39 is 44.2 Å². The van der Waals surface area contributed by atoms with E-state index in [1.807, 2.05) is 0 Å². The van der Waals surface area contributed by atoms with Crippen molar-refractivity contribution in [3.63, 3.8) is 0 Å². The van der Waals surface area contributed by atoms with E-state index in [4.69, 9.17) is 0 Å². The van der Waals surface area contributed by atoms with Crippen LogP contribution in [-0.4, -0.2) is 23.1 Å². The average molecular weight is 500 g/mol. The van der Waals surface area contributed by atoms with Crippen molar-refractivity contribution in [3.05, 3.63) is 83.7 Å². The zero-order valence-electron chi connectivity index (χ0n) is 16.9. The number of aromatic nitrogens is 2. The maximum Gasteiger partial charge on any atom is 0.433 e. The molecule has 178 valence electrons. The monoisotopic (exact) mass is 500 g/mol. The molecular formula is C22H14F6N2O3S. The maximum absolute atomic E-state index is 13.2. The number of fused-ring (bicyclic) bond motifs is 1. The lowest BCUT2D eigenvalue weighted by Crippen LogP contribution is -2.10. The van der Waals surface area contributed by atoms with Gasteiger partial charge in [-0.15, -0.1) is 0 Å². The number of sulfone groups is 1. The van der Waals surface area contributed by atoms with Gasteiger partial charge in [0, 0.05) is 6.20 Å². The molecule has 2 aromatic carbocycles. The van der Waals surface area contributed by atoms with Crippen molar-refractivity contribution in [1.82, 2.24) is 9.55 Å². The van der Waals surface area contributed by atoms with Crippen LogP contribution in [0.1, 0.15) is 16.8 Å². The third kappa shape index (κ3) is 4.32. The zero-order valence-corrected chi connectivity index (χ0v) is 17.7. The Labute approximate surface area is 188 Å².